The number of rotatable bonds is 3. The first kappa shape index (κ1) is 17.3. The van der Waals surface area contributed by atoms with E-state index in [-0.39, 0.29) is 29.7 Å². The number of carbonyl (C=O) groups excluding carboxylic acids is 2. The smallest absolute Gasteiger partial charge is 0.228 e. The van der Waals surface area contributed by atoms with Crippen molar-refractivity contribution in [3.8, 4) is 5.75 Å². The van der Waals surface area contributed by atoms with Crippen LogP contribution in [-0.4, -0.2) is 55.7 Å². The zero-order valence-electron chi connectivity index (χ0n) is 15.5. The van der Waals surface area contributed by atoms with Crippen molar-refractivity contribution in [2.75, 3.05) is 38.3 Å². The van der Waals surface area contributed by atoms with E-state index in [0.717, 1.165) is 50.3 Å². The Balaban J connectivity index is 1.51. The van der Waals surface area contributed by atoms with E-state index in [1.807, 2.05) is 30.0 Å². The number of nitrogens with zero attached hydrogens (tertiary/aromatic N) is 2. The molecule has 1 aromatic rings. The number of carbonyl (C=O) groups is 2. The number of hydrogen-bond donors (Lipinski definition) is 0. The highest BCUT2D eigenvalue weighted by atomic mass is 16.5. The van der Waals surface area contributed by atoms with Gasteiger partial charge in [0.15, 0.2) is 0 Å². The highest BCUT2D eigenvalue weighted by molar-refractivity contribution is 6.01. The van der Waals surface area contributed by atoms with Crippen molar-refractivity contribution in [3.63, 3.8) is 0 Å². The van der Waals surface area contributed by atoms with Gasteiger partial charge in [-0.1, -0.05) is 6.07 Å². The molecule has 6 nitrogen and oxygen atoms in total. The van der Waals surface area contributed by atoms with Crippen molar-refractivity contribution in [2.24, 2.45) is 5.92 Å². The molecule has 0 saturated carbocycles. The molecule has 0 N–H and O–H groups in total. The molecule has 1 unspecified atom stereocenters. The summed E-state index contributed by atoms with van der Waals surface area (Å²) in [6, 6.07) is 5.78. The van der Waals surface area contributed by atoms with Crippen LogP contribution in [0.3, 0.4) is 0 Å². The Morgan fingerprint density at radius 1 is 1.27 bits per heavy atom. The fourth-order valence-electron chi connectivity index (χ4n) is 4.49. The van der Waals surface area contributed by atoms with Crippen LogP contribution < -0.4 is 9.64 Å². The summed E-state index contributed by atoms with van der Waals surface area (Å²) in [7, 11) is 1.60. The van der Waals surface area contributed by atoms with Crippen molar-refractivity contribution in [1.82, 2.24) is 4.90 Å². The fourth-order valence-corrected chi connectivity index (χ4v) is 4.49. The molecule has 4 rings (SSSR count). The maximum Gasteiger partial charge on any atom is 0.228 e. The van der Waals surface area contributed by atoms with Crippen molar-refractivity contribution in [1.29, 1.82) is 0 Å². The zero-order valence-corrected chi connectivity index (χ0v) is 15.5. The maximum atomic E-state index is 13.1. The Hall–Kier alpha value is -2.08. The van der Waals surface area contributed by atoms with Gasteiger partial charge in [0.2, 0.25) is 11.8 Å². The fraction of sp³-hybridized carbons (Fsp3) is 0.600. The van der Waals surface area contributed by atoms with Gasteiger partial charge in [-0.3, -0.25) is 9.59 Å². The number of hydrogen-bond acceptors (Lipinski definition) is 4. The molecule has 3 saturated heterocycles. The zero-order chi connectivity index (χ0) is 18.3. The van der Waals surface area contributed by atoms with Gasteiger partial charge in [0.1, 0.15) is 5.75 Å². The molecule has 1 aromatic carbocycles. The Morgan fingerprint density at radius 3 is 2.69 bits per heavy atom. The molecule has 3 aliphatic heterocycles. The third-order valence-electron chi connectivity index (χ3n) is 6.16. The first-order valence-electron chi connectivity index (χ1n) is 9.38. The Labute approximate surface area is 154 Å². The van der Waals surface area contributed by atoms with E-state index in [9.17, 15) is 9.59 Å². The Kier molecular flexibility index (Phi) is 4.39. The molecule has 26 heavy (non-hydrogen) atoms. The molecule has 0 bridgehead atoms. The van der Waals surface area contributed by atoms with Gasteiger partial charge < -0.3 is 19.3 Å². The SMILES string of the molecule is COc1ccc(C)cc1N1CC(C(=O)N2CCC23CCOCC3)CC1=O. The Morgan fingerprint density at radius 2 is 2.04 bits per heavy atom. The van der Waals surface area contributed by atoms with E-state index >= 15 is 0 Å². The number of anilines is 1. The summed E-state index contributed by atoms with van der Waals surface area (Å²) in [5, 5.41) is 0. The summed E-state index contributed by atoms with van der Waals surface area (Å²) in [6.07, 6.45) is 3.15. The van der Waals surface area contributed by atoms with Crippen molar-refractivity contribution < 1.29 is 19.1 Å². The number of aryl methyl sites for hydroxylation is 1. The molecule has 0 aromatic heterocycles. The van der Waals surface area contributed by atoms with Crippen LogP contribution >= 0.6 is 0 Å². The van der Waals surface area contributed by atoms with Gasteiger partial charge in [0, 0.05) is 38.3 Å². The van der Waals surface area contributed by atoms with Crippen LogP contribution in [0, 0.1) is 12.8 Å². The van der Waals surface area contributed by atoms with Crippen molar-refractivity contribution in [3.05, 3.63) is 23.8 Å². The number of ether oxygens (including phenoxy) is 2. The van der Waals surface area contributed by atoms with E-state index in [4.69, 9.17) is 9.47 Å². The third kappa shape index (κ3) is 2.76. The van der Waals surface area contributed by atoms with Gasteiger partial charge in [-0.15, -0.1) is 0 Å². The van der Waals surface area contributed by atoms with Crippen LogP contribution in [0.4, 0.5) is 5.69 Å². The average Bonchev–Trinajstić information content (AvgIpc) is 3.03. The van der Waals surface area contributed by atoms with Crippen LogP contribution in [0.25, 0.3) is 0 Å². The second kappa shape index (κ2) is 6.58. The lowest BCUT2D eigenvalue weighted by atomic mass is 9.77. The topological polar surface area (TPSA) is 59.1 Å². The predicted octanol–water partition coefficient (Wildman–Crippen LogP) is 2.14. The second-order valence-corrected chi connectivity index (χ2v) is 7.66. The molecule has 140 valence electrons. The lowest BCUT2D eigenvalue weighted by Crippen LogP contribution is -2.65. The normalized spacial score (nSPS) is 24.7. The van der Waals surface area contributed by atoms with Crippen LogP contribution in [0.1, 0.15) is 31.2 Å². The Bertz CT molecular complexity index is 727. The molecule has 0 aliphatic carbocycles. The van der Waals surface area contributed by atoms with E-state index in [1.54, 1.807) is 12.0 Å². The highest BCUT2D eigenvalue weighted by Crippen LogP contribution is 2.42. The van der Waals surface area contributed by atoms with E-state index in [1.165, 1.54) is 0 Å². The summed E-state index contributed by atoms with van der Waals surface area (Å²) >= 11 is 0. The summed E-state index contributed by atoms with van der Waals surface area (Å²) in [6.45, 7) is 4.67. The van der Waals surface area contributed by atoms with Crippen LogP contribution in [-0.2, 0) is 14.3 Å². The van der Waals surface area contributed by atoms with Crippen LogP contribution in [0.5, 0.6) is 5.75 Å². The molecule has 1 spiro atoms. The standard InChI is InChI=1S/C20H26N2O4/c1-14-3-4-17(25-2)16(11-14)21-13-15(12-18(21)23)19(24)22-8-5-20(22)6-9-26-10-7-20/h3-4,11,15H,5-10,12-13H2,1-2H3. The molecule has 2 amide bonds. The minimum Gasteiger partial charge on any atom is -0.495 e. The average molecular weight is 358 g/mol. The summed E-state index contributed by atoms with van der Waals surface area (Å²) < 4.78 is 10.9. The summed E-state index contributed by atoms with van der Waals surface area (Å²) in [5.41, 5.74) is 1.80. The van der Waals surface area contributed by atoms with Crippen LogP contribution in [0.15, 0.2) is 18.2 Å². The minimum atomic E-state index is -0.271. The quantitative estimate of drug-likeness (QED) is 0.831. The largest absolute Gasteiger partial charge is 0.495 e. The lowest BCUT2D eigenvalue weighted by Gasteiger charge is -2.55. The second-order valence-electron chi connectivity index (χ2n) is 7.66. The van der Waals surface area contributed by atoms with Gasteiger partial charge in [-0.25, -0.2) is 0 Å². The number of methoxy groups -OCH3 is 1. The van der Waals surface area contributed by atoms with Gasteiger partial charge in [-0.05, 0) is 43.9 Å². The van der Waals surface area contributed by atoms with E-state index in [0.29, 0.717) is 12.3 Å². The molecular weight excluding hydrogens is 332 g/mol. The van der Waals surface area contributed by atoms with Crippen molar-refractivity contribution in [2.45, 2.75) is 38.1 Å². The first-order valence-corrected chi connectivity index (χ1v) is 9.38. The summed E-state index contributed by atoms with van der Waals surface area (Å²) in [4.78, 5) is 29.5. The lowest BCUT2D eigenvalue weighted by molar-refractivity contribution is -0.160. The van der Waals surface area contributed by atoms with Gasteiger partial charge in [-0.2, -0.15) is 0 Å². The van der Waals surface area contributed by atoms with E-state index < -0.39 is 0 Å². The molecule has 3 heterocycles. The number of likely N-dealkylation sites (tertiary alicyclic amines) is 1. The molecule has 1 atom stereocenters. The summed E-state index contributed by atoms with van der Waals surface area (Å²) in [5.74, 6) is 0.518. The number of benzene rings is 1. The van der Waals surface area contributed by atoms with Gasteiger partial charge in [0.25, 0.3) is 0 Å². The van der Waals surface area contributed by atoms with Gasteiger partial charge >= 0.3 is 0 Å². The van der Waals surface area contributed by atoms with Crippen LogP contribution in [0.2, 0.25) is 0 Å². The number of amides is 2. The van der Waals surface area contributed by atoms with E-state index in [2.05, 4.69) is 0 Å². The molecule has 3 aliphatic rings. The third-order valence-corrected chi connectivity index (χ3v) is 6.16. The minimum absolute atomic E-state index is 0.00574. The molecule has 0 radical (unpaired) electrons. The molecular formula is C20H26N2O4. The van der Waals surface area contributed by atoms with Crippen molar-refractivity contribution >= 4 is 17.5 Å². The maximum absolute atomic E-state index is 13.1. The highest BCUT2D eigenvalue weighted by Gasteiger charge is 2.50. The first-order chi connectivity index (χ1) is 12.5. The molecule has 3 fully saturated rings. The monoisotopic (exact) mass is 358 g/mol. The van der Waals surface area contributed by atoms with Gasteiger partial charge in [0.05, 0.1) is 18.7 Å². The molecule has 6 heteroatoms. The predicted molar refractivity (Wildman–Crippen MR) is 97.3 cm³/mol.